The van der Waals surface area contributed by atoms with E-state index in [1.807, 2.05) is 13.0 Å². The van der Waals surface area contributed by atoms with E-state index in [1.165, 1.54) is 6.07 Å². The summed E-state index contributed by atoms with van der Waals surface area (Å²) in [6.45, 7) is 6.96. The zero-order valence-electron chi connectivity index (χ0n) is 12.8. The molecule has 0 radical (unpaired) electrons. The van der Waals surface area contributed by atoms with Crippen molar-refractivity contribution in [2.45, 2.75) is 56.2 Å². The third-order valence-corrected chi connectivity index (χ3v) is 4.78. The molecule has 0 saturated carbocycles. The quantitative estimate of drug-likeness (QED) is 0.890. The van der Waals surface area contributed by atoms with Crippen LogP contribution in [0.15, 0.2) is 29.2 Å². The van der Waals surface area contributed by atoms with Crippen LogP contribution in [0.3, 0.4) is 0 Å². The smallest absolute Gasteiger partial charge is 0.238 e. The SMILES string of the molecule is CC(NC1CCOC(C)(C)C1)c1cccc(S(N)(=O)=O)c1. The number of nitrogens with two attached hydrogens (primary N) is 1. The molecule has 3 N–H and O–H groups in total. The Balaban J connectivity index is 2.08. The van der Waals surface area contributed by atoms with Crippen LogP contribution in [-0.2, 0) is 14.8 Å². The van der Waals surface area contributed by atoms with E-state index in [4.69, 9.17) is 9.88 Å². The number of hydrogen-bond acceptors (Lipinski definition) is 4. The van der Waals surface area contributed by atoms with Crippen molar-refractivity contribution in [1.82, 2.24) is 5.32 Å². The van der Waals surface area contributed by atoms with Gasteiger partial charge in [0.15, 0.2) is 0 Å². The Labute approximate surface area is 126 Å². The Bertz CT molecular complexity index is 599. The van der Waals surface area contributed by atoms with E-state index in [0.29, 0.717) is 6.04 Å². The van der Waals surface area contributed by atoms with Crippen molar-refractivity contribution in [3.8, 4) is 0 Å². The van der Waals surface area contributed by atoms with Gasteiger partial charge >= 0.3 is 0 Å². The molecule has 0 spiro atoms. The van der Waals surface area contributed by atoms with Gasteiger partial charge in [-0.15, -0.1) is 0 Å². The molecule has 1 saturated heterocycles. The first-order valence-electron chi connectivity index (χ1n) is 7.20. The number of rotatable bonds is 4. The maximum atomic E-state index is 11.4. The minimum atomic E-state index is -3.66. The predicted octanol–water partition coefficient (Wildman–Crippen LogP) is 1.94. The Kier molecular flexibility index (Phi) is 4.72. The second-order valence-electron chi connectivity index (χ2n) is 6.30. The average molecular weight is 312 g/mol. The van der Waals surface area contributed by atoms with Gasteiger partial charge in [-0.1, -0.05) is 12.1 Å². The summed E-state index contributed by atoms with van der Waals surface area (Å²) in [7, 11) is -3.66. The highest BCUT2D eigenvalue weighted by Crippen LogP contribution is 2.26. The first-order chi connectivity index (χ1) is 9.67. The molecule has 0 aromatic heterocycles. The fraction of sp³-hybridized carbons (Fsp3) is 0.600. The monoisotopic (exact) mass is 312 g/mol. The molecule has 118 valence electrons. The van der Waals surface area contributed by atoms with Crippen molar-refractivity contribution >= 4 is 10.0 Å². The molecule has 2 unspecified atom stereocenters. The van der Waals surface area contributed by atoms with Crippen LogP contribution in [0, 0.1) is 0 Å². The molecule has 5 nitrogen and oxygen atoms in total. The minimum absolute atomic E-state index is 0.0607. The molecule has 1 fully saturated rings. The molecule has 1 aliphatic rings. The predicted molar refractivity (Wildman–Crippen MR) is 82.4 cm³/mol. The van der Waals surface area contributed by atoms with Crippen LogP contribution >= 0.6 is 0 Å². The molecule has 2 atom stereocenters. The lowest BCUT2D eigenvalue weighted by molar-refractivity contribution is -0.0640. The first-order valence-corrected chi connectivity index (χ1v) is 8.75. The van der Waals surface area contributed by atoms with E-state index in [0.717, 1.165) is 25.0 Å². The highest BCUT2D eigenvalue weighted by atomic mass is 32.2. The second-order valence-corrected chi connectivity index (χ2v) is 7.87. The summed E-state index contributed by atoms with van der Waals surface area (Å²) in [6, 6.07) is 7.21. The zero-order valence-corrected chi connectivity index (χ0v) is 13.6. The number of ether oxygens (including phenoxy) is 1. The van der Waals surface area contributed by atoms with E-state index in [9.17, 15) is 8.42 Å². The summed E-state index contributed by atoms with van der Waals surface area (Å²) >= 11 is 0. The molecule has 0 bridgehead atoms. The lowest BCUT2D eigenvalue weighted by Gasteiger charge is -2.37. The molecule has 21 heavy (non-hydrogen) atoms. The van der Waals surface area contributed by atoms with E-state index in [2.05, 4.69) is 19.2 Å². The van der Waals surface area contributed by atoms with E-state index < -0.39 is 10.0 Å². The van der Waals surface area contributed by atoms with Crippen LogP contribution in [0.5, 0.6) is 0 Å². The van der Waals surface area contributed by atoms with Gasteiger partial charge in [0.1, 0.15) is 0 Å². The Morgan fingerprint density at radius 1 is 1.43 bits per heavy atom. The molecule has 1 aromatic rings. The van der Waals surface area contributed by atoms with Gasteiger partial charge in [0.25, 0.3) is 0 Å². The van der Waals surface area contributed by atoms with Gasteiger partial charge in [0, 0.05) is 18.7 Å². The summed E-state index contributed by atoms with van der Waals surface area (Å²) < 4.78 is 28.6. The van der Waals surface area contributed by atoms with Crippen LogP contribution in [0.2, 0.25) is 0 Å². The summed E-state index contributed by atoms with van der Waals surface area (Å²) in [5.74, 6) is 0. The maximum absolute atomic E-state index is 11.4. The van der Waals surface area contributed by atoms with Gasteiger partial charge in [0.05, 0.1) is 10.5 Å². The molecular weight excluding hydrogens is 288 g/mol. The third kappa shape index (κ3) is 4.51. The van der Waals surface area contributed by atoms with E-state index >= 15 is 0 Å². The van der Waals surface area contributed by atoms with E-state index in [-0.39, 0.29) is 16.5 Å². The molecule has 0 amide bonds. The molecule has 2 rings (SSSR count). The largest absolute Gasteiger partial charge is 0.375 e. The minimum Gasteiger partial charge on any atom is -0.375 e. The molecule has 1 aliphatic heterocycles. The van der Waals surface area contributed by atoms with Gasteiger partial charge in [-0.2, -0.15) is 0 Å². The molecule has 1 heterocycles. The van der Waals surface area contributed by atoms with Crippen LogP contribution in [0.1, 0.15) is 45.2 Å². The number of benzene rings is 1. The standard InChI is InChI=1S/C15H24N2O3S/c1-11(17-13-7-8-20-15(2,3)10-13)12-5-4-6-14(9-12)21(16,18)19/h4-6,9,11,13,17H,7-8,10H2,1-3H3,(H2,16,18,19). The van der Waals surface area contributed by atoms with Crippen molar-refractivity contribution in [3.05, 3.63) is 29.8 Å². The Morgan fingerprint density at radius 2 is 2.14 bits per heavy atom. The average Bonchev–Trinajstić information content (AvgIpc) is 2.36. The lowest BCUT2D eigenvalue weighted by Crippen LogP contribution is -2.44. The lowest BCUT2D eigenvalue weighted by atomic mass is 9.93. The summed E-state index contributed by atoms with van der Waals surface area (Å²) in [5.41, 5.74) is 0.809. The first kappa shape index (κ1) is 16.4. The number of hydrogen-bond donors (Lipinski definition) is 2. The van der Waals surface area contributed by atoms with Crippen LogP contribution < -0.4 is 10.5 Å². The Hall–Kier alpha value is -0.950. The van der Waals surface area contributed by atoms with Gasteiger partial charge in [-0.3, -0.25) is 0 Å². The highest BCUT2D eigenvalue weighted by molar-refractivity contribution is 7.89. The topological polar surface area (TPSA) is 81.4 Å². The third-order valence-electron chi connectivity index (χ3n) is 3.87. The molecule has 6 heteroatoms. The number of sulfonamides is 1. The number of primary sulfonamides is 1. The summed E-state index contributed by atoms with van der Waals surface area (Å²) in [4.78, 5) is 0.154. The van der Waals surface area contributed by atoms with Crippen molar-refractivity contribution in [1.29, 1.82) is 0 Å². The zero-order chi connectivity index (χ0) is 15.7. The second kappa shape index (κ2) is 6.04. The maximum Gasteiger partial charge on any atom is 0.238 e. The fourth-order valence-corrected chi connectivity index (χ4v) is 3.35. The van der Waals surface area contributed by atoms with Gasteiger partial charge in [-0.25, -0.2) is 13.6 Å². The van der Waals surface area contributed by atoms with Crippen molar-refractivity contribution < 1.29 is 13.2 Å². The summed E-state index contributed by atoms with van der Waals surface area (Å²) in [5, 5.41) is 8.73. The van der Waals surface area contributed by atoms with Crippen molar-refractivity contribution in [3.63, 3.8) is 0 Å². The summed E-state index contributed by atoms with van der Waals surface area (Å²) in [6.07, 6.45) is 1.90. The highest BCUT2D eigenvalue weighted by Gasteiger charge is 2.29. The van der Waals surface area contributed by atoms with Crippen LogP contribution in [-0.4, -0.2) is 26.7 Å². The molecule has 0 aliphatic carbocycles. The number of nitrogens with one attached hydrogen (secondary N) is 1. The van der Waals surface area contributed by atoms with Gasteiger partial charge in [-0.05, 0) is 51.3 Å². The Morgan fingerprint density at radius 3 is 2.76 bits per heavy atom. The molecular formula is C15H24N2O3S. The normalized spacial score (nSPS) is 23.7. The van der Waals surface area contributed by atoms with Gasteiger partial charge in [0.2, 0.25) is 10.0 Å². The van der Waals surface area contributed by atoms with E-state index in [1.54, 1.807) is 12.1 Å². The van der Waals surface area contributed by atoms with Crippen LogP contribution in [0.4, 0.5) is 0 Å². The van der Waals surface area contributed by atoms with Crippen molar-refractivity contribution in [2.24, 2.45) is 5.14 Å². The molecule has 1 aromatic carbocycles. The van der Waals surface area contributed by atoms with Crippen LogP contribution in [0.25, 0.3) is 0 Å². The van der Waals surface area contributed by atoms with Gasteiger partial charge < -0.3 is 10.1 Å². The fourth-order valence-electron chi connectivity index (χ4n) is 2.78. The van der Waals surface area contributed by atoms with Crippen molar-refractivity contribution in [2.75, 3.05) is 6.61 Å².